The quantitative estimate of drug-likeness (QED) is 0.930. The van der Waals surface area contributed by atoms with E-state index in [1.165, 1.54) is 0 Å². The number of amides is 1. The Morgan fingerprint density at radius 2 is 2.12 bits per heavy atom. The summed E-state index contributed by atoms with van der Waals surface area (Å²) in [7, 11) is 0. The van der Waals surface area contributed by atoms with E-state index >= 15 is 0 Å². The van der Waals surface area contributed by atoms with Crippen LogP contribution in [0, 0.1) is 5.41 Å². The van der Waals surface area contributed by atoms with Gasteiger partial charge in [0.05, 0.1) is 18.6 Å². The van der Waals surface area contributed by atoms with Crippen LogP contribution < -0.4 is 10.1 Å². The molecule has 1 unspecified atom stereocenters. The van der Waals surface area contributed by atoms with Gasteiger partial charge in [-0.3, -0.25) is 4.79 Å². The van der Waals surface area contributed by atoms with Gasteiger partial charge < -0.3 is 14.6 Å². The van der Waals surface area contributed by atoms with E-state index < -0.39 is 0 Å². The molecular formula is C20H23N3O2. The van der Waals surface area contributed by atoms with Crippen LogP contribution in [0.15, 0.2) is 60.9 Å². The summed E-state index contributed by atoms with van der Waals surface area (Å²) in [6.07, 6.45) is 10.5. The lowest BCUT2D eigenvalue weighted by Gasteiger charge is -2.32. The average molecular weight is 337 g/mol. The first-order valence-corrected chi connectivity index (χ1v) is 8.34. The maximum absolute atomic E-state index is 12.8. The lowest BCUT2D eigenvalue weighted by molar-refractivity contribution is -0.118. The molecule has 1 N–H and O–H groups in total. The molecule has 1 aliphatic rings. The molecule has 5 heteroatoms. The number of imidazole rings is 1. The summed E-state index contributed by atoms with van der Waals surface area (Å²) in [5, 5.41) is 3.16. The van der Waals surface area contributed by atoms with Crippen LogP contribution in [0.1, 0.15) is 26.3 Å². The third kappa shape index (κ3) is 4.18. The molecule has 1 amide bonds. The predicted octanol–water partition coefficient (Wildman–Crippen LogP) is 3.40. The molecule has 0 fully saturated rings. The fourth-order valence-corrected chi connectivity index (χ4v) is 2.63. The molecule has 0 bridgehead atoms. The molecule has 1 atom stereocenters. The summed E-state index contributed by atoms with van der Waals surface area (Å²) in [6.45, 7) is 7.01. The summed E-state index contributed by atoms with van der Waals surface area (Å²) >= 11 is 0. The van der Waals surface area contributed by atoms with Crippen molar-refractivity contribution in [3.05, 3.63) is 66.5 Å². The second-order valence-electron chi connectivity index (χ2n) is 7.21. The third-order valence-corrected chi connectivity index (χ3v) is 4.24. The molecule has 3 rings (SSSR count). The molecule has 0 spiro atoms. The second kappa shape index (κ2) is 6.97. The molecule has 2 aromatic rings. The molecule has 0 radical (unpaired) electrons. The number of hydrogen-bond donors (Lipinski definition) is 1. The molecular weight excluding hydrogens is 314 g/mol. The minimum atomic E-state index is -0.114. The summed E-state index contributed by atoms with van der Waals surface area (Å²) in [6, 6.07) is 7.61. The Morgan fingerprint density at radius 1 is 1.32 bits per heavy atom. The lowest BCUT2D eigenvalue weighted by Crippen LogP contribution is -2.46. The highest BCUT2D eigenvalue weighted by atomic mass is 16.5. The molecule has 2 heterocycles. The Kier molecular flexibility index (Phi) is 4.74. The first kappa shape index (κ1) is 17.0. The van der Waals surface area contributed by atoms with Gasteiger partial charge in [0.25, 0.3) is 5.91 Å². The Bertz CT molecular complexity index is 799. The zero-order chi connectivity index (χ0) is 17.9. The van der Waals surface area contributed by atoms with Crippen LogP contribution in [0.4, 0.5) is 0 Å². The van der Waals surface area contributed by atoms with Gasteiger partial charge in [0.1, 0.15) is 5.75 Å². The fraction of sp³-hybridized carbons (Fsp3) is 0.300. The molecule has 25 heavy (non-hydrogen) atoms. The van der Waals surface area contributed by atoms with Crippen LogP contribution in [0.25, 0.3) is 6.08 Å². The highest BCUT2D eigenvalue weighted by molar-refractivity contribution is 6.01. The summed E-state index contributed by atoms with van der Waals surface area (Å²) < 4.78 is 7.54. The van der Waals surface area contributed by atoms with Gasteiger partial charge >= 0.3 is 0 Å². The second-order valence-corrected chi connectivity index (χ2v) is 7.21. The van der Waals surface area contributed by atoms with Gasteiger partial charge in [0.2, 0.25) is 0 Å². The van der Waals surface area contributed by atoms with Crippen molar-refractivity contribution in [1.82, 2.24) is 14.9 Å². The number of aromatic nitrogens is 2. The molecule has 1 aromatic heterocycles. The first-order chi connectivity index (χ1) is 11.9. The van der Waals surface area contributed by atoms with Crippen LogP contribution in [-0.4, -0.2) is 21.5 Å². The number of carbonyl (C=O) groups is 1. The number of nitrogens with zero attached hydrogens (tertiary/aromatic N) is 2. The standard InChI is InChI=1S/C20H23N3O2/c1-20(2,3)18(13-23-10-9-21-14-23)22-19(24)16-8-11-25-17-7-5-4-6-15(17)12-16/h4-12,14,18H,13H2,1-3H3,(H,22,24). The lowest BCUT2D eigenvalue weighted by atomic mass is 9.86. The van der Waals surface area contributed by atoms with Crippen molar-refractivity contribution in [2.24, 2.45) is 5.41 Å². The van der Waals surface area contributed by atoms with Gasteiger partial charge in [-0.15, -0.1) is 0 Å². The van der Waals surface area contributed by atoms with E-state index in [1.54, 1.807) is 24.9 Å². The monoisotopic (exact) mass is 337 g/mol. The molecule has 0 aliphatic carbocycles. The number of fused-ring (bicyclic) bond motifs is 1. The van der Waals surface area contributed by atoms with Crippen molar-refractivity contribution < 1.29 is 9.53 Å². The van der Waals surface area contributed by atoms with Crippen molar-refractivity contribution in [2.45, 2.75) is 33.4 Å². The topological polar surface area (TPSA) is 56.2 Å². The van der Waals surface area contributed by atoms with Gasteiger partial charge in [-0.2, -0.15) is 0 Å². The van der Waals surface area contributed by atoms with E-state index in [1.807, 2.05) is 41.1 Å². The highest BCUT2D eigenvalue weighted by Crippen LogP contribution is 2.25. The fourth-order valence-electron chi connectivity index (χ4n) is 2.63. The van der Waals surface area contributed by atoms with Crippen LogP contribution >= 0.6 is 0 Å². The van der Waals surface area contributed by atoms with Gasteiger partial charge in [0, 0.05) is 30.1 Å². The average Bonchev–Trinajstić information content (AvgIpc) is 2.97. The van der Waals surface area contributed by atoms with E-state index in [9.17, 15) is 4.79 Å². The van der Waals surface area contributed by atoms with Crippen molar-refractivity contribution in [2.75, 3.05) is 0 Å². The zero-order valence-corrected chi connectivity index (χ0v) is 14.8. The van der Waals surface area contributed by atoms with E-state index in [2.05, 4.69) is 31.1 Å². The Morgan fingerprint density at radius 3 is 2.84 bits per heavy atom. The number of carbonyl (C=O) groups excluding carboxylic acids is 1. The zero-order valence-electron chi connectivity index (χ0n) is 14.8. The Labute approximate surface area is 148 Å². The van der Waals surface area contributed by atoms with E-state index in [4.69, 9.17) is 4.74 Å². The summed E-state index contributed by atoms with van der Waals surface area (Å²) in [4.78, 5) is 16.9. The van der Waals surface area contributed by atoms with Crippen LogP contribution in [0.2, 0.25) is 0 Å². The molecule has 0 saturated carbocycles. The number of benzene rings is 1. The van der Waals surface area contributed by atoms with Crippen LogP contribution in [0.3, 0.4) is 0 Å². The van der Waals surface area contributed by atoms with Gasteiger partial charge in [-0.05, 0) is 23.6 Å². The van der Waals surface area contributed by atoms with Gasteiger partial charge in [-0.1, -0.05) is 39.0 Å². The number of rotatable bonds is 4. The minimum absolute atomic E-state index is 0.0390. The van der Waals surface area contributed by atoms with Gasteiger partial charge in [0.15, 0.2) is 0 Å². The molecule has 1 aromatic carbocycles. The number of hydrogen-bond acceptors (Lipinski definition) is 3. The van der Waals surface area contributed by atoms with Crippen molar-refractivity contribution >= 4 is 12.0 Å². The van der Waals surface area contributed by atoms with Crippen molar-refractivity contribution in [1.29, 1.82) is 0 Å². The predicted molar refractivity (Wildman–Crippen MR) is 97.8 cm³/mol. The number of para-hydroxylation sites is 1. The smallest absolute Gasteiger partial charge is 0.251 e. The van der Waals surface area contributed by atoms with Crippen LogP contribution in [0.5, 0.6) is 5.75 Å². The van der Waals surface area contributed by atoms with Crippen LogP contribution in [-0.2, 0) is 11.3 Å². The Hall–Kier alpha value is -2.82. The Balaban J connectivity index is 1.80. The molecule has 5 nitrogen and oxygen atoms in total. The highest BCUT2D eigenvalue weighted by Gasteiger charge is 2.27. The van der Waals surface area contributed by atoms with Gasteiger partial charge in [-0.25, -0.2) is 4.98 Å². The molecule has 1 aliphatic heterocycles. The third-order valence-electron chi connectivity index (χ3n) is 4.24. The maximum Gasteiger partial charge on any atom is 0.251 e. The maximum atomic E-state index is 12.8. The summed E-state index contributed by atoms with van der Waals surface area (Å²) in [5.41, 5.74) is 1.37. The first-order valence-electron chi connectivity index (χ1n) is 8.34. The molecule has 0 saturated heterocycles. The number of ether oxygens (including phenoxy) is 1. The molecule has 130 valence electrons. The minimum Gasteiger partial charge on any atom is -0.464 e. The van der Waals surface area contributed by atoms with Crippen molar-refractivity contribution in [3.8, 4) is 5.75 Å². The number of nitrogens with one attached hydrogen (secondary N) is 1. The van der Waals surface area contributed by atoms with E-state index in [-0.39, 0.29) is 17.4 Å². The SMILES string of the molecule is CC(C)(C)C(Cn1ccnc1)NC(=O)C1=Cc2ccccc2OC=C1. The normalized spacial score (nSPS) is 14.8. The van der Waals surface area contributed by atoms with E-state index in [0.29, 0.717) is 12.1 Å². The van der Waals surface area contributed by atoms with Crippen molar-refractivity contribution in [3.63, 3.8) is 0 Å². The largest absolute Gasteiger partial charge is 0.464 e. The summed E-state index contributed by atoms with van der Waals surface area (Å²) in [5.74, 6) is 0.629. The van der Waals surface area contributed by atoms with E-state index in [0.717, 1.165) is 11.3 Å².